The fourth-order valence-corrected chi connectivity index (χ4v) is 3.13. The first-order chi connectivity index (χ1) is 12.6. The van der Waals surface area contributed by atoms with Gasteiger partial charge in [0.05, 0.1) is 0 Å². The van der Waals surface area contributed by atoms with E-state index in [4.69, 9.17) is 9.15 Å². The van der Waals surface area contributed by atoms with Gasteiger partial charge in [-0.1, -0.05) is 36.4 Å². The van der Waals surface area contributed by atoms with Crippen molar-refractivity contribution < 1.29 is 13.9 Å². The third-order valence-electron chi connectivity index (χ3n) is 4.46. The molecule has 4 rings (SSSR count). The van der Waals surface area contributed by atoms with E-state index in [0.29, 0.717) is 5.75 Å². The highest BCUT2D eigenvalue weighted by Crippen LogP contribution is 2.31. The highest BCUT2D eigenvalue weighted by atomic mass is 16.5. The predicted octanol–water partition coefficient (Wildman–Crippen LogP) is 5.22. The van der Waals surface area contributed by atoms with Crippen LogP contribution in [0, 0.1) is 13.8 Å². The molecule has 1 heterocycles. The molecule has 4 heteroatoms. The lowest BCUT2D eigenvalue weighted by Gasteiger charge is -2.12. The molecule has 1 amide bonds. The number of nitrogens with one attached hydrogen (secondary N) is 1. The van der Waals surface area contributed by atoms with Crippen molar-refractivity contribution in [2.75, 3.05) is 11.9 Å². The minimum atomic E-state index is -0.181. The molecule has 0 saturated carbocycles. The summed E-state index contributed by atoms with van der Waals surface area (Å²) >= 11 is 0. The maximum Gasteiger partial charge on any atom is 0.262 e. The van der Waals surface area contributed by atoms with Crippen molar-refractivity contribution in [1.29, 1.82) is 0 Å². The quantitative estimate of drug-likeness (QED) is 0.552. The lowest BCUT2D eigenvalue weighted by atomic mass is 10.1. The second-order valence-electron chi connectivity index (χ2n) is 6.36. The van der Waals surface area contributed by atoms with Crippen LogP contribution in [-0.4, -0.2) is 12.5 Å². The van der Waals surface area contributed by atoms with Gasteiger partial charge in [-0.3, -0.25) is 4.79 Å². The number of carbonyl (C=O) groups is 1. The Labute approximate surface area is 151 Å². The number of carbonyl (C=O) groups excluding carboxylic acids is 1. The Hall–Kier alpha value is -3.27. The smallest absolute Gasteiger partial charge is 0.262 e. The summed E-state index contributed by atoms with van der Waals surface area (Å²) in [5, 5.41) is 4.94. The summed E-state index contributed by atoms with van der Waals surface area (Å²) in [6.45, 7) is 3.90. The molecule has 130 valence electrons. The summed E-state index contributed by atoms with van der Waals surface area (Å²) in [5.41, 5.74) is 4.55. The van der Waals surface area contributed by atoms with Crippen LogP contribution in [0.5, 0.6) is 5.75 Å². The Kier molecular flexibility index (Phi) is 4.09. The number of amides is 1. The molecule has 0 aliphatic carbocycles. The second kappa shape index (κ2) is 6.56. The third-order valence-corrected chi connectivity index (χ3v) is 4.46. The monoisotopic (exact) mass is 345 g/mol. The van der Waals surface area contributed by atoms with Crippen LogP contribution >= 0.6 is 0 Å². The molecule has 0 unspecified atom stereocenters. The van der Waals surface area contributed by atoms with Crippen LogP contribution in [-0.2, 0) is 4.79 Å². The van der Waals surface area contributed by atoms with Crippen LogP contribution in [0.4, 0.5) is 5.69 Å². The van der Waals surface area contributed by atoms with Crippen molar-refractivity contribution in [3.63, 3.8) is 0 Å². The number of fused-ring (bicyclic) bond motifs is 3. The average molecular weight is 345 g/mol. The molecular weight excluding hydrogens is 326 g/mol. The zero-order chi connectivity index (χ0) is 18.1. The van der Waals surface area contributed by atoms with Crippen LogP contribution in [0.25, 0.3) is 21.9 Å². The molecule has 4 nitrogen and oxygen atoms in total. The predicted molar refractivity (Wildman–Crippen MR) is 104 cm³/mol. The molecule has 0 saturated heterocycles. The van der Waals surface area contributed by atoms with Gasteiger partial charge < -0.3 is 14.5 Å². The van der Waals surface area contributed by atoms with E-state index in [0.717, 1.165) is 38.8 Å². The van der Waals surface area contributed by atoms with Crippen LogP contribution in [0.3, 0.4) is 0 Å². The molecule has 0 aliphatic rings. The van der Waals surface area contributed by atoms with Crippen LogP contribution < -0.4 is 10.1 Å². The molecule has 0 bridgehead atoms. The van der Waals surface area contributed by atoms with Crippen molar-refractivity contribution >= 4 is 33.5 Å². The van der Waals surface area contributed by atoms with Crippen LogP contribution in [0.2, 0.25) is 0 Å². The number of anilines is 1. The first-order valence-electron chi connectivity index (χ1n) is 8.52. The maximum atomic E-state index is 12.3. The lowest BCUT2D eigenvalue weighted by molar-refractivity contribution is -0.118. The Balaban J connectivity index is 1.50. The fourth-order valence-electron chi connectivity index (χ4n) is 3.13. The molecular formula is C22H19NO3. The van der Waals surface area contributed by atoms with Crippen molar-refractivity contribution in [2.24, 2.45) is 0 Å². The zero-order valence-corrected chi connectivity index (χ0v) is 14.7. The number of aryl methyl sites for hydroxylation is 2. The third kappa shape index (κ3) is 3.02. The Bertz CT molecular complexity index is 1090. The number of hydrogen-bond acceptors (Lipinski definition) is 3. The van der Waals surface area contributed by atoms with Crippen LogP contribution in [0.1, 0.15) is 11.1 Å². The summed E-state index contributed by atoms with van der Waals surface area (Å²) in [6, 6.07) is 19.4. The molecule has 0 radical (unpaired) electrons. The van der Waals surface area contributed by atoms with E-state index in [1.165, 1.54) is 0 Å². The van der Waals surface area contributed by atoms with Crippen molar-refractivity contribution in [3.8, 4) is 5.75 Å². The molecule has 26 heavy (non-hydrogen) atoms. The minimum Gasteiger partial charge on any atom is -0.484 e. The lowest BCUT2D eigenvalue weighted by Crippen LogP contribution is -2.21. The Morgan fingerprint density at radius 3 is 2.46 bits per heavy atom. The van der Waals surface area contributed by atoms with Gasteiger partial charge in [-0.15, -0.1) is 0 Å². The number of hydrogen-bond donors (Lipinski definition) is 1. The summed E-state index contributed by atoms with van der Waals surface area (Å²) in [5.74, 6) is 0.459. The van der Waals surface area contributed by atoms with Gasteiger partial charge in [-0.25, -0.2) is 0 Å². The van der Waals surface area contributed by atoms with Crippen LogP contribution in [0.15, 0.2) is 65.1 Å². The molecule has 1 N–H and O–H groups in total. The van der Waals surface area contributed by atoms with Gasteiger partial charge in [-0.2, -0.15) is 0 Å². The number of ether oxygens (including phenoxy) is 1. The average Bonchev–Trinajstić information content (AvgIpc) is 3.01. The van der Waals surface area contributed by atoms with Gasteiger partial charge in [0.25, 0.3) is 5.91 Å². The second-order valence-corrected chi connectivity index (χ2v) is 6.36. The van der Waals surface area contributed by atoms with E-state index >= 15 is 0 Å². The van der Waals surface area contributed by atoms with Gasteiger partial charge in [0.2, 0.25) is 0 Å². The first-order valence-corrected chi connectivity index (χ1v) is 8.52. The number of para-hydroxylation sites is 2. The summed E-state index contributed by atoms with van der Waals surface area (Å²) in [6.07, 6.45) is 0. The largest absolute Gasteiger partial charge is 0.484 e. The number of rotatable bonds is 4. The summed E-state index contributed by atoms with van der Waals surface area (Å²) in [4.78, 5) is 12.3. The molecule has 0 fully saturated rings. The first kappa shape index (κ1) is 16.2. The number of furan rings is 1. The van der Waals surface area contributed by atoms with E-state index in [1.807, 2.05) is 74.5 Å². The maximum absolute atomic E-state index is 12.3. The van der Waals surface area contributed by atoms with Gasteiger partial charge in [0.1, 0.15) is 16.9 Å². The summed E-state index contributed by atoms with van der Waals surface area (Å²) in [7, 11) is 0. The van der Waals surface area contributed by atoms with Crippen molar-refractivity contribution in [1.82, 2.24) is 0 Å². The molecule has 3 aromatic carbocycles. The van der Waals surface area contributed by atoms with Crippen molar-refractivity contribution in [3.05, 3.63) is 71.8 Å². The fraction of sp³-hybridized carbons (Fsp3) is 0.136. The highest BCUT2D eigenvalue weighted by molar-refractivity contribution is 6.05. The normalized spacial score (nSPS) is 11.0. The zero-order valence-electron chi connectivity index (χ0n) is 14.7. The topological polar surface area (TPSA) is 51.5 Å². The Morgan fingerprint density at radius 1 is 0.923 bits per heavy atom. The van der Waals surface area contributed by atoms with E-state index < -0.39 is 0 Å². The van der Waals surface area contributed by atoms with Gasteiger partial charge in [0.15, 0.2) is 6.61 Å². The van der Waals surface area contributed by atoms with Gasteiger partial charge in [-0.05, 0) is 49.2 Å². The summed E-state index contributed by atoms with van der Waals surface area (Å²) < 4.78 is 11.5. The molecule has 1 aromatic heterocycles. The molecule has 0 spiro atoms. The standard InChI is InChI=1S/C22H19NO3/c1-14-6-5-7-15(2)22(14)23-21(24)13-25-16-10-11-20-18(12-16)17-8-3-4-9-19(17)26-20/h3-12H,13H2,1-2H3,(H,23,24). The molecule has 0 atom stereocenters. The minimum absolute atomic E-state index is 0.0466. The van der Waals surface area contributed by atoms with Gasteiger partial charge in [0, 0.05) is 16.5 Å². The van der Waals surface area contributed by atoms with E-state index in [1.54, 1.807) is 0 Å². The van der Waals surface area contributed by atoms with Gasteiger partial charge >= 0.3 is 0 Å². The van der Waals surface area contributed by atoms with E-state index in [-0.39, 0.29) is 12.5 Å². The SMILES string of the molecule is Cc1cccc(C)c1NC(=O)COc1ccc2oc3ccccc3c2c1. The Morgan fingerprint density at radius 2 is 1.65 bits per heavy atom. The van der Waals surface area contributed by atoms with Crippen molar-refractivity contribution in [2.45, 2.75) is 13.8 Å². The molecule has 0 aliphatic heterocycles. The highest BCUT2D eigenvalue weighted by Gasteiger charge is 2.10. The molecule has 4 aromatic rings. The van der Waals surface area contributed by atoms with E-state index in [9.17, 15) is 4.79 Å². The van der Waals surface area contributed by atoms with E-state index in [2.05, 4.69) is 5.32 Å². The number of benzene rings is 3.